The third-order valence-electron chi connectivity index (χ3n) is 4.46. The maximum Gasteiger partial charge on any atom is 0.223 e. The van der Waals surface area contributed by atoms with E-state index < -0.39 is 17.7 Å². The van der Waals surface area contributed by atoms with E-state index in [9.17, 15) is 14.7 Å². The van der Waals surface area contributed by atoms with E-state index in [0.29, 0.717) is 23.4 Å². The smallest absolute Gasteiger partial charge is 0.223 e. The number of phenolic OH excluding ortho intramolecular Hbond substituents is 1. The minimum Gasteiger partial charge on any atom is -0.508 e. The third-order valence-corrected chi connectivity index (χ3v) is 4.70. The van der Waals surface area contributed by atoms with Crippen molar-refractivity contribution < 1.29 is 14.7 Å². The second-order valence-corrected chi connectivity index (χ2v) is 6.75. The van der Waals surface area contributed by atoms with Gasteiger partial charge in [-0.1, -0.05) is 48.9 Å². The second kappa shape index (κ2) is 10.8. The van der Waals surface area contributed by atoms with E-state index in [-0.39, 0.29) is 30.6 Å². The lowest BCUT2D eigenvalue weighted by atomic mass is 9.87. The van der Waals surface area contributed by atoms with E-state index in [1.165, 1.54) is 6.07 Å². The predicted octanol–water partition coefficient (Wildman–Crippen LogP) is 3.45. The summed E-state index contributed by atoms with van der Waals surface area (Å²) in [5.74, 6) is -1.87. The number of hydrogen-bond acceptors (Lipinski definition) is 3. The molecule has 2 amide bonds. The molecule has 0 bridgehead atoms. The number of rotatable bonds is 8. The van der Waals surface area contributed by atoms with Gasteiger partial charge >= 0.3 is 0 Å². The molecule has 0 fully saturated rings. The monoisotopic (exact) mass is 410 g/mol. The van der Waals surface area contributed by atoms with E-state index in [4.69, 9.17) is 17.3 Å². The number of carbonyl (C=O) groups excluding carboxylic acids is 2. The van der Waals surface area contributed by atoms with Crippen molar-refractivity contribution in [1.29, 1.82) is 0 Å². The van der Waals surface area contributed by atoms with Crippen molar-refractivity contribution in [2.24, 2.45) is 17.6 Å². The molecule has 2 atom stereocenters. The second-order valence-electron chi connectivity index (χ2n) is 6.31. The van der Waals surface area contributed by atoms with Gasteiger partial charge in [0.05, 0.1) is 0 Å². The summed E-state index contributed by atoms with van der Waals surface area (Å²) in [6.07, 6.45) is 1.16. The summed E-state index contributed by atoms with van der Waals surface area (Å²) in [5, 5.41) is 13.0. The lowest BCUT2D eigenvalue weighted by Crippen LogP contribution is -2.39. The average Bonchev–Trinajstić information content (AvgIpc) is 2.62. The van der Waals surface area contributed by atoms with Gasteiger partial charge in [0.25, 0.3) is 0 Å². The van der Waals surface area contributed by atoms with Gasteiger partial charge in [0, 0.05) is 29.0 Å². The maximum absolute atomic E-state index is 12.4. The molecule has 4 N–H and O–H groups in total. The van der Waals surface area contributed by atoms with Crippen LogP contribution < -0.4 is 11.1 Å². The summed E-state index contributed by atoms with van der Waals surface area (Å²) in [5.41, 5.74) is 7.12. The highest BCUT2D eigenvalue weighted by Gasteiger charge is 2.28. The molecule has 0 aromatic heterocycles. The van der Waals surface area contributed by atoms with Crippen LogP contribution >= 0.6 is 24.0 Å². The van der Waals surface area contributed by atoms with Crippen LogP contribution in [0.3, 0.4) is 0 Å². The molecule has 0 saturated carbocycles. The van der Waals surface area contributed by atoms with Gasteiger partial charge in [0.15, 0.2) is 0 Å². The Kier molecular flexibility index (Phi) is 9.12. The predicted molar refractivity (Wildman–Crippen MR) is 109 cm³/mol. The zero-order chi connectivity index (χ0) is 19.1. The van der Waals surface area contributed by atoms with Gasteiger partial charge in [-0.05, 0) is 36.6 Å². The van der Waals surface area contributed by atoms with E-state index in [1.54, 1.807) is 19.1 Å². The number of benzene rings is 2. The Morgan fingerprint density at radius 1 is 1.19 bits per heavy atom. The van der Waals surface area contributed by atoms with Crippen molar-refractivity contribution in [3.05, 3.63) is 64.7 Å². The summed E-state index contributed by atoms with van der Waals surface area (Å²) in [6.45, 7) is 1.81. The SMILES string of the molecule is C[C@H](C(=O)NCc1cc(Cl)ccc1O)C(CCc1ccccc1)C(N)=O.Cl. The average molecular weight is 411 g/mol. The zero-order valence-electron chi connectivity index (χ0n) is 15.0. The lowest BCUT2D eigenvalue weighted by Gasteiger charge is -2.21. The first kappa shape index (κ1) is 22.8. The van der Waals surface area contributed by atoms with Crippen LogP contribution in [0.15, 0.2) is 48.5 Å². The van der Waals surface area contributed by atoms with Crippen molar-refractivity contribution >= 4 is 35.8 Å². The summed E-state index contributed by atoms with van der Waals surface area (Å²) in [4.78, 5) is 24.3. The molecular weight excluding hydrogens is 387 g/mol. The van der Waals surface area contributed by atoms with Crippen molar-refractivity contribution in [3.8, 4) is 5.75 Å². The first-order valence-corrected chi connectivity index (χ1v) is 8.84. The van der Waals surface area contributed by atoms with Crippen molar-refractivity contribution in [1.82, 2.24) is 5.32 Å². The van der Waals surface area contributed by atoms with Crippen LogP contribution in [0.25, 0.3) is 0 Å². The first-order valence-electron chi connectivity index (χ1n) is 8.47. The van der Waals surface area contributed by atoms with Crippen LogP contribution in [0.1, 0.15) is 24.5 Å². The molecule has 2 aromatic rings. The van der Waals surface area contributed by atoms with E-state index in [2.05, 4.69) is 5.32 Å². The van der Waals surface area contributed by atoms with Gasteiger partial charge in [-0.3, -0.25) is 9.59 Å². The zero-order valence-corrected chi connectivity index (χ0v) is 16.6. The highest BCUT2D eigenvalue weighted by molar-refractivity contribution is 6.30. The highest BCUT2D eigenvalue weighted by atomic mass is 35.5. The maximum atomic E-state index is 12.4. The quantitative estimate of drug-likeness (QED) is 0.621. The molecule has 0 aliphatic carbocycles. The first-order chi connectivity index (χ1) is 12.4. The molecule has 146 valence electrons. The number of primary amides is 1. The van der Waals surface area contributed by atoms with E-state index >= 15 is 0 Å². The normalized spacial score (nSPS) is 12.5. The fourth-order valence-electron chi connectivity index (χ4n) is 2.83. The molecule has 0 radical (unpaired) electrons. The van der Waals surface area contributed by atoms with E-state index in [1.807, 2.05) is 30.3 Å². The summed E-state index contributed by atoms with van der Waals surface area (Å²) in [6, 6.07) is 14.4. The summed E-state index contributed by atoms with van der Waals surface area (Å²) in [7, 11) is 0. The minimum atomic E-state index is -0.572. The Labute approximate surface area is 170 Å². The van der Waals surface area contributed by atoms with Gasteiger partial charge in [-0.25, -0.2) is 0 Å². The van der Waals surface area contributed by atoms with Crippen LogP contribution in [-0.4, -0.2) is 16.9 Å². The van der Waals surface area contributed by atoms with Crippen molar-refractivity contribution in [3.63, 3.8) is 0 Å². The number of aromatic hydroxyl groups is 1. The van der Waals surface area contributed by atoms with Gasteiger partial charge in [-0.15, -0.1) is 12.4 Å². The number of phenols is 1. The van der Waals surface area contributed by atoms with Crippen molar-refractivity contribution in [2.45, 2.75) is 26.3 Å². The molecule has 2 rings (SSSR count). The summed E-state index contributed by atoms with van der Waals surface area (Å²) >= 11 is 5.90. The molecule has 7 heteroatoms. The number of nitrogens with two attached hydrogens (primary N) is 1. The van der Waals surface area contributed by atoms with Crippen molar-refractivity contribution in [2.75, 3.05) is 0 Å². The number of aryl methyl sites for hydroxylation is 1. The Morgan fingerprint density at radius 3 is 2.48 bits per heavy atom. The number of amides is 2. The molecule has 0 aliphatic rings. The minimum absolute atomic E-state index is 0. The number of carbonyl (C=O) groups is 2. The molecule has 1 unspecified atom stereocenters. The van der Waals surface area contributed by atoms with Gasteiger partial charge in [-0.2, -0.15) is 0 Å². The standard InChI is InChI=1S/C20H23ClN2O3.ClH/c1-13(17(19(22)25)9-7-14-5-3-2-4-6-14)20(26)23-12-15-11-16(21)8-10-18(15)24;/h2-6,8,10-11,13,17,24H,7,9,12H2,1H3,(H2,22,25)(H,23,26);1H/t13-,17?;/m0./s1. The molecule has 27 heavy (non-hydrogen) atoms. The van der Waals surface area contributed by atoms with Crippen LogP contribution in [0, 0.1) is 11.8 Å². The van der Waals surface area contributed by atoms with Gasteiger partial charge in [0.2, 0.25) is 11.8 Å². The molecular formula is C20H24Cl2N2O3. The molecule has 2 aromatic carbocycles. The highest BCUT2D eigenvalue weighted by Crippen LogP contribution is 2.22. The van der Waals surface area contributed by atoms with Crippen LogP contribution in [0.5, 0.6) is 5.75 Å². The van der Waals surface area contributed by atoms with E-state index in [0.717, 1.165) is 5.56 Å². The molecule has 0 aliphatic heterocycles. The van der Waals surface area contributed by atoms with Gasteiger partial charge < -0.3 is 16.2 Å². The number of nitrogens with one attached hydrogen (secondary N) is 1. The third kappa shape index (κ3) is 6.77. The largest absolute Gasteiger partial charge is 0.508 e. The Hall–Kier alpha value is -2.24. The Bertz CT molecular complexity index is 769. The lowest BCUT2D eigenvalue weighted by molar-refractivity contribution is -0.133. The van der Waals surface area contributed by atoms with Crippen LogP contribution in [0.4, 0.5) is 0 Å². The number of halogens is 2. The Morgan fingerprint density at radius 2 is 1.85 bits per heavy atom. The molecule has 5 nitrogen and oxygen atoms in total. The summed E-state index contributed by atoms with van der Waals surface area (Å²) < 4.78 is 0. The van der Waals surface area contributed by atoms with Gasteiger partial charge in [0.1, 0.15) is 5.75 Å². The fourth-order valence-corrected chi connectivity index (χ4v) is 3.02. The molecule has 0 heterocycles. The molecule has 0 spiro atoms. The fraction of sp³-hybridized carbons (Fsp3) is 0.300. The topological polar surface area (TPSA) is 92.4 Å². The molecule has 0 saturated heterocycles. The number of hydrogen-bond donors (Lipinski definition) is 3. The Balaban J connectivity index is 0.00000364. The van der Waals surface area contributed by atoms with Crippen LogP contribution in [-0.2, 0) is 22.6 Å². The van der Waals surface area contributed by atoms with Crippen LogP contribution in [0.2, 0.25) is 5.02 Å².